The zero-order valence-electron chi connectivity index (χ0n) is 18.2. The van der Waals surface area contributed by atoms with Crippen LogP contribution >= 0.6 is 0 Å². The molecular formula is C27H26FN3O. The molecule has 2 heterocycles. The molecule has 0 bridgehead atoms. The molecule has 5 heteroatoms. The Morgan fingerprint density at radius 2 is 1.81 bits per heavy atom. The van der Waals surface area contributed by atoms with Crippen LogP contribution in [0.4, 0.5) is 4.39 Å². The molecule has 2 aromatic heterocycles. The molecule has 0 aliphatic heterocycles. The quantitative estimate of drug-likeness (QED) is 0.333. The van der Waals surface area contributed by atoms with Crippen molar-refractivity contribution in [2.45, 2.75) is 45.4 Å². The molecule has 2 aromatic carbocycles. The largest absolute Gasteiger partial charge is 0.294 e. The first-order chi connectivity index (χ1) is 15.6. The van der Waals surface area contributed by atoms with Crippen molar-refractivity contribution in [1.29, 1.82) is 0 Å². The zero-order valence-corrected chi connectivity index (χ0v) is 18.2. The Labute approximate surface area is 187 Å². The Hall–Kier alpha value is -3.34. The topological polar surface area (TPSA) is 47.8 Å². The minimum atomic E-state index is -0.299. The zero-order chi connectivity index (χ0) is 22.1. The van der Waals surface area contributed by atoms with E-state index in [2.05, 4.69) is 9.97 Å². The molecule has 0 spiro atoms. The summed E-state index contributed by atoms with van der Waals surface area (Å²) in [5, 5.41) is 1.07. The van der Waals surface area contributed by atoms with Gasteiger partial charge in [0.05, 0.1) is 5.52 Å². The van der Waals surface area contributed by atoms with Crippen LogP contribution < -0.4 is 0 Å². The van der Waals surface area contributed by atoms with E-state index in [1.54, 1.807) is 30.6 Å². The van der Waals surface area contributed by atoms with Crippen LogP contribution in [0.2, 0.25) is 0 Å². The number of nitrogens with zero attached hydrogens (tertiary/aromatic N) is 3. The Balaban J connectivity index is 1.47. The number of ketones is 1. The molecule has 0 N–H and O–H groups in total. The SMILES string of the molecule is Cc1cn(-c2ncc(-c3ccccc3F)cn2)c2cc(C(=O)CC3CCCCC3)ccc12. The summed E-state index contributed by atoms with van der Waals surface area (Å²) in [6.07, 6.45) is 12.0. The van der Waals surface area contributed by atoms with Crippen molar-refractivity contribution < 1.29 is 9.18 Å². The fourth-order valence-electron chi connectivity index (χ4n) is 4.79. The Kier molecular flexibility index (Phi) is 5.56. The first-order valence-corrected chi connectivity index (χ1v) is 11.3. The van der Waals surface area contributed by atoms with Gasteiger partial charge in [-0.2, -0.15) is 0 Å². The lowest BCUT2D eigenvalue weighted by Crippen LogP contribution is -2.12. The van der Waals surface area contributed by atoms with Crippen molar-refractivity contribution in [3.05, 3.63) is 78.0 Å². The van der Waals surface area contributed by atoms with Gasteiger partial charge in [0.1, 0.15) is 5.82 Å². The highest BCUT2D eigenvalue weighted by Gasteiger charge is 2.19. The van der Waals surface area contributed by atoms with Gasteiger partial charge in [-0.1, -0.05) is 62.4 Å². The van der Waals surface area contributed by atoms with Crippen molar-refractivity contribution in [2.24, 2.45) is 5.92 Å². The molecule has 0 unspecified atom stereocenters. The van der Waals surface area contributed by atoms with Gasteiger partial charge in [0.2, 0.25) is 5.95 Å². The molecule has 0 radical (unpaired) electrons. The van der Waals surface area contributed by atoms with Gasteiger partial charge in [-0.05, 0) is 30.5 Å². The molecule has 1 aliphatic carbocycles. The summed E-state index contributed by atoms with van der Waals surface area (Å²) in [6, 6.07) is 12.5. The van der Waals surface area contributed by atoms with E-state index in [1.165, 1.54) is 25.3 Å². The van der Waals surface area contributed by atoms with Crippen LogP contribution in [0, 0.1) is 18.7 Å². The number of hydrogen-bond acceptors (Lipinski definition) is 3. The van der Waals surface area contributed by atoms with Crippen molar-refractivity contribution in [1.82, 2.24) is 14.5 Å². The van der Waals surface area contributed by atoms with E-state index in [9.17, 15) is 9.18 Å². The molecule has 1 saturated carbocycles. The molecular weight excluding hydrogens is 401 g/mol. The van der Waals surface area contributed by atoms with Gasteiger partial charge in [0.15, 0.2) is 5.78 Å². The summed E-state index contributed by atoms with van der Waals surface area (Å²) in [5.74, 6) is 0.919. The maximum atomic E-state index is 14.1. The lowest BCUT2D eigenvalue weighted by atomic mass is 9.85. The molecule has 0 atom stereocenters. The number of aryl methyl sites for hydroxylation is 1. The van der Waals surface area contributed by atoms with Crippen molar-refractivity contribution >= 4 is 16.7 Å². The summed E-state index contributed by atoms with van der Waals surface area (Å²) >= 11 is 0. The Bertz CT molecular complexity index is 1270. The van der Waals surface area contributed by atoms with E-state index in [4.69, 9.17) is 0 Å². The average Bonchev–Trinajstić information content (AvgIpc) is 3.16. The molecule has 4 aromatic rings. The summed E-state index contributed by atoms with van der Waals surface area (Å²) < 4.78 is 16.0. The lowest BCUT2D eigenvalue weighted by Gasteiger charge is -2.20. The van der Waals surface area contributed by atoms with Gasteiger partial charge in [-0.25, -0.2) is 14.4 Å². The summed E-state index contributed by atoms with van der Waals surface area (Å²) in [5.41, 5.74) is 3.85. The van der Waals surface area contributed by atoms with Crippen molar-refractivity contribution in [3.8, 4) is 17.1 Å². The second kappa shape index (κ2) is 8.65. The van der Waals surface area contributed by atoms with Crippen LogP contribution in [-0.2, 0) is 0 Å². The summed E-state index contributed by atoms with van der Waals surface area (Å²) in [6.45, 7) is 2.04. The second-order valence-electron chi connectivity index (χ2n) is 8.80. The number of fused-ring (bicyclic) bond motifs is 1. The first-order valence-electron chi connectivity index (χ1n) is 11.3. The summed E-state index contributed by atoms with van der Waals surface area (Å²) in [4.78, 5) is 22.0. The van der Waals surface area contributed by atoms with Crippen LogP contribution in [0.3, 0.4) is 0 Å². The third-order valence-electron chi connectivity index (χ3n) is 6.56. The van der Waals surface area contributed by atoms with Gasteiger partial charge in [-0.15, -0.1) is 0 Å². The Morgan fingerprint density at radius 1 is 1.06 bits per heavy atom. The molecule has 162 valence electrons. The van der Waals surface area contributed by atoms with E-state index >= 15 is 0 Å². The average molecular weight is 428 g/mol. The minimum Gasteiger partial charge on any atom is -0.294 e. The highest BCUT2D eigenvalue weighted by Crippen LogP contribution is 2.30. The maximum absolute atomic E-state index is 14.1. The van der Waals surface area contributed by atoms with Crippen LogP contribution in [-0.4, -0.2) is 20.3 Å². The molecule has 1 aliphatic rings. The number of carbonyl (C=O) groups excluding carboxylic acids is 1. The molecule has 5 rings (SSSR count). The maximum Gasteiger partial charge on any atom is 0.234 e. The van der Waals surface area contributed by atoms with E-state index < -0.39 is 0 Å². The molecule has 0 saturated heterocycles. The predicted molar refractivity (Wildman–Crippen MR) is 125 cm³/mol. The third kappa shape index (κ3) is 3.95. The highest BCUT2D eigenvalue weighted by atomic mass is 19.1. The summed E-state index contributed by atoms with van der Waals surface area (Å²) in [7, 11) is 0. The van der Waals surface area contributed by atoms with Crippen molar-refractivity contribution in [2.75, 3.05) is 0 Å². The fourth-order valence-corrected chi connectivity index (χ4v) is 4.79. The molecule has 0 amide bonds. The number of carbonyl (C=O) groups is 1. The second-order valence-corrected chi connectivity index (χ2v) is 8.80. The van der Waals surface area contributed by atoms with E-state index in [-0.39, 0.29) is 11.6 Å². The molecule has 32 heavy (non-hydrogen) atoms. The van der Waals surface area contributed by atoms with Crippen LogP contribution in [0.5, 0.6) is 0 Å². The van der Waals surface area contributed by atoms with E-state index in [0.29, 0.717) is 29.4 Å². The van der Waals surface area contributed by atoms with Gasteiger partial charge in [0.25, 0.3) is 0 Å². The number of hydrogen-bond donors (Lipinski definition) is 0. The molecule has 4 nitrogen and oxygen atoms in total. The van der Waals surface area contributed by atoms with Gasteiger partial charge in [0, 0.05) is 47.1 Å². The van der Waals surface area contributed by atoms with Crippen LogP contribution in [0.25, 0.3) is 28.0 Å². The first kappa shape index (κ1) is 20.6. The van der Waals surface area contributed by atoms with E-state index in [0.717, 1.165) is 34.9 Å². The predicted octanol–water partition coefficient (Wildman–Crippen LogP) is 6.69. The number of rotatable bonds is 5. The normalized spacial score (nSPS) is 14.7. The highest BCUT2D eigenvalue weighted by molar-refractivity contribution is 6.00. The minimum absolute atomic E-state index is 0.208. The van der Waals surface area contributed by atoms with Gasteiger partial charge in [-0.3, -0.25) is 9.36 Å². The monoisotopic (exact) mass is 427 g/mol. The van der Waals surface area contributed by atoms with E-state index in [1.807, 2.05) is 35.9 Å². The van der Waals surface area contributed by atoms with Gasteiger partial charge < -0.3 is 0 Å². The number of halogens is 1. The third-order valence-corrected chi connectivity index (χ3v) is 6.56. The van der Waals surface area contributed by atoms with Gasteiger partial charge >= 0.3 is 0 Å². The van der Waals surface area contributed by atoms with Crippen molar-refractivity contribution in [3.63, 3.8) is 0 Å². The molecule has 1 fully saturated rings. The lowest BCUT2D eigenvalue weighted by molar-refractivity contribution is 0.0950. The smallest absolute Gasteiger partial charge is 0.234 e. The number of aromatic nitrogens is 3. The number of Topliss-reactive ketones (excluding diaryl/α,β-unsaturated/α-hetero) is 1. The number of benzene rings is 2. The fraction of sp³-hybridized carbons (Fsp3) is 0.296. The standard InChI is InChI=1S/C27H26FN3O/c1-18-17-31(27-29-15-21(16-30-27)23-9-5-6-10-24(23)28)25-14-20(11-12-22(18)25)26(32)13-19-7-3-2-4-8-19/h5-6,9-12,14-17,19H,2-4,7-8,13H2,1H3. The Morgan fingerprint density at radius 3 is 2.56 bits per heavy atom. The van der Waals surface area contributed by atoms with Crippen LogP contribution in [0.15, 0.2) is 61.1 Å². The van der Waals surface area contributed by atoms with Crippen LogP contribution in [0.1, 0.15) is 54.4 Å².